The summed E-state index contributed by atoms with van der Waals surface area (Å²) in [6.45, 7) is 2.46. The van der Waals surface area contributed by atoms with Crippen molar-refractivity contribution in [1.82, 2.24) is 25.5 Å². The number of nitrogens with zero attached hydrogens (tertiary/aromatic N) is 4. The number of carbonyl (C=O) groups excluding carboxylic acids is 1. The number of hydrogen-bond acceptors (Lipinski definition) is 5. The molecule has 0 fully saturated rings. The Morgan fingerprint density at radius 3 is 2.94 bits per heavy atom. The van der Waals surface area contributed by atoms with Crippen LogP contribution in [0.15, 0.2) is 12.1 Å². The molecule has 0 aliphatic carbocycles. The van der Waals surface area contributed by atoms with Crippen LogP contribution in [0.3, 0.4) is 0 Å². The summed E-state index contributed by atoms with van der Waals surface area (Å²) >= 11 is 7.08. The Hall–Kier alpha value is -1.47. The number of nitrogens with one attached hydrogen (secondary N) is 1. The third-order valence-electron chi connectivity index (χ3n) is 2.48. The van der Waals surface area contributed by atoms with Gasteiger partial charge in [-0.3, -0.25) is 4.79 Å². The van der Waals surface area contributed by atoms with Crippen LogP contribution >= 0.6 is 22.9 Å². The number of aromatic amines is 1. The van der Waals surface area contributed by atoms with Crippen molar-refractivity contribution in [3.05, 3.63) is 27.2 Å². The zero-order chi connectivity index (χ0) is 13.1. The first kappa shape index (κ1) is 13.0. The molecule has 18 heavy (non-hydrogen) atoms. The van der Waals surface area contributed by atoms with Gasteiger partial charge >= 0.3 is 0 Å². The molecule has 2 aromatic rings. The van der Waals surface area contributed by atoms with Crippen LogP contribution in [0.2, 0.25) is 4.34 Å². The molecule has 1 atom stereocenters. The highest BCUT2D eigenvalue weighted by molar-refractivity contribution is 7.17. The zero-order valence-corrected chi connectivity index (χ0v) is 11.5. The zero-order valence-electron chi connectivity index (χ0n) is 9.92. The van der Waals surface area contributed by atoms with E-state index < -0.39 is 0 Å². The number of hydrogen-bond donors (Lipinski definition) is 1. The Balaban J connectivity index is 1.99. The average molecular weight is 286 g/mol. The number of thiophene rings is 1. The van der Waals surface area contributed by atoms with E-state index in [-0.39, 0.29) is 11.8 Å². The van der Waals surface area contributed by atoms with Crippen molar-refractivity contribution < 1.29 is 4.79 Å². The lowest BCUT2D eigenvalue weighted by molar-refractivity contribution is 0.0792. The summed E-state index contributed by atoms with van der Waals surface area (Å²) in [5.41, 5.74) is 0. The summed E-state index contributed by atoms with van der Waals surface area (Å²) in [6, 6.07) is 3.45. The van der Waals surface area contributed by atoms with Gasteiger partial charge in [0.1, 0.15) is 0 Å². The van der Waals surface area contributed by atoms with E-state index in [1.807, 2.05) is 6.92 Å². The molecule has 0 aliphatic rings. The highest BCUT2D eigenvalue weighted by atomic mass is 35.5. The molecule has 2 heterocycles. The maximum absolute atomic E-state index is 12.1. The Labute approximate surface area is 113 Å². The highest BCUT2D eigenvalue weighted by Gasteiger charge is 2.19. The number of H-pyrrole nitrogens is 1. The highest BCUT2D eigenvalue weighted by Crippen LogP contribution is 2.23. The third kappa shape index (κ3) is 2.85. The minimum atomic E-state index is -0.0535. The predicted octanol–water partition coefficient (Wildman–Crippen LogP) is 1.79. The van der Waals surface area contributed by atoms with E-state index in [1.165, 1.54) is 11.3 Å². The van der Waals surface area contributed by atoms with Crippen LogP contribution < -0.4 is 0 Å². The van der Waals surface area contributed by atoms with E-state index in [0.29, 0.717) is 21.6 Å². The molecule has 0 radical (unpaired) electrons. The van der Waals surface area contributed by atoms with Crippen molar-refractivity contribution in [1.29, 1.82) is 0 Å². The summed E-state index contributed by atoms with van der Waals surface area (Å²) in [5, 5.41) is 13.7. The van der Waals surface area contributed by atoms with Crippen molar-refractivity contribution in [3.63, 3.8) is 0 Å². The van der Waals surface area contributed by atoms with Gasteiger partial charge in [-0.05, 0) is 12.1 Å². The molecule has 0 aromatic carbocycles. The fraction of sp³-hybridized carbons (Fsp3) is 0.400. The molecule has 6 nitrogen and oxygen atoms in total. The number of likely N-dealkylation sites (N-methyl/N-ethyl adjacent to an activating group) is 1. The Morgan fingerprint density at radius 1 is 1.61 bits per heavy atom. The van der Waals surface area contributed by atoms with Crippen LogP contribution in [0.1, 0.15) is 28.3 Å². The molecule has 0 saturated carbocycles. The molecule has 0 spiro atoms. The van der Waals surface area contributed by atoms with Crippen LogP contribution in [0.4, 0.5) is 0 Å². The molecule has 0 aliphatic heterocycles. The number of carbonyl (C=O) groups is 1. The Kier molecular flexibility index (Phi) is 3.93. The lowest BCUT2D eigenvalue weighted by Crippen LogP contribution is -2.30. The van der Waals surface area contributed by atoms with E-state index in [9.17, 15) is 4.79 Å². The standard InChI is InChI=1S/C10H12ClN5OS/c1-6(9-12-14-15-13-9)5-16(2)10(17)7-3-4-8(11)18-7/h3-4,6H,5H2,1-2H3,(H,12,13,14,15). The number of amides is 1. The first-order valence-corrected chi connectivity index (χ1v) is 6.51. The predicted molar refractivity (Wildman–Crippen MR) is 68.9 cm³/mol. The van der Waals surface area contributed by atoms with Gasteiger partial charge in [-0.25, -0.2) is 0 Å². The fourth-order valence-corrected chi connectivity index (χ4v) is 2.61. The van der Waals surface area contributed by atoms with Gasteiger partial charge in [0.05, 0.1) is 9.21 Å². The van der Waals surface area contributed by atoms with Gasteiger partial charge in [-0.1, -0.05) is 23.7 Å². The first-order valence-electron chi connectivity index (χ1n) is 5.32. The minimum absolute atomic E-state index is 0.0214. The van der Waals surface area contributed by atoms with E-state index >= 15 is 0 Å². The van der Waals surface area contributed by atoms with Gasteiger partial charge < -0.3 is 4.90 Å². The maximum atomic E-state index is 12.1. The first-order chi connectivity index (χ1) is 8.58. The van der Waals surface area contributed by atoms with Crippen LogP contribution in [0, 0.1) is 0 Å². The van der Waals surface area contributed by atoms with E-state index in [1.54, 1.807) is 24.1 Å². The summed E-state index contributed by atoms with van der Waals surface area (Å²) in [6.07, 6.45) is 0. The Morgan fingerprint density at radius 2 is 2.39 bits per heavy atom. The van der Waals surface area contributed by atoms with E-state index in [4.69, 9.17) is 11.6 Å². The van der Waals surface area contributed by atoms with Crippen molar-refractivity contribution in [2.45, 2.75) is 12.8 Å². The molecule has 2 aromatic heterocycles. The number of rotatable bonds is 4. The normalized spacial score (nSPS) is 12.4. The van der Waals surface area contributed by atoms with Gasteiger partial charge in [-0.2, -0.15) is 5.21 Å². The SMILES string of the molecule is CC(CN(C)C(=O)c1ccc(Cl)s1)c1nn[nH]n1. The second kappa shape index (κ2) is 5.45. The third-order valence-corrected chi connectivity index (χ3v) is 3.70. The van der Waals surface area contributed by atoms with Gasteiger partial charge in [0.2, 0.25) is 0 Å². The lowest BCUT2D eigenvalue weighted by atomic mass is 10.1. The van der Waals surface area contributed by atoms with Crippen molar-refractivity contribution in [3.8, 4) is 0 Å². The van der Waals surface area contributed by atoms with Crippen LogP contribution in [-0.4, -0.2) is 45.0 Å². The van der Waals surface area contributed by atoms with Crippen molar-refractivity contribution >= 4 is 28.8 Å². The molecule has 0 saturated heterocycles. The van der Waals surface area contributed by atoms with Crippen LogP contribution in [0.5, 0.6) is 0 Å². The molecule has 0 bridgehead atoms. The molecule has 1 amide bonds. The molecule has 8 heteroatoms. The monoisotopic (exact) mass is 285 g/mol. The number of halogens is 1. The largest absolute Gasteiger partial charge is 0.340 e. The fourth-order valence-electron chi connectivity index (χ4n) is 1.57. The summed E-state index contributed by atoms with van der Waals surface area (Å²) < 4.78 is 0.609. The van der Waals surface area contributed by atoms with Gasteiger partial charge in [0.15, 0.2) is 5.82 Å². The smallest absolute Gasteiger partial charge is 0.263 e. The molecule has 1 N–H and O–H groups in total. The van der Waals surface area contributed by atoms with Gasteiger partial charge in [-0.15, -0.1) is 21.5 Å². The summed E-state index contributed by atoms with van der Waals surface area (Å²) in [5.74, 6) is 0.564. The van der Waals surface area contributed by atoms with E-state index in [0.717, 1.165) is 0 Å². The van der Waals surface area contributed by atoms with Crippen molar-refractivity contribution in [2.75, 3.05) is 13.6 Å². The summed E-state index contributed by atoms with van der Waals surface area (Å²) in [4.78, 5) is 14.3. The van der Waals surface area contributed by atoms with Gasteiger partial charge in [0, 0.05) is 19.5 Å². The molecular weight excluding hydrogens is 274 g/mol. The van der Waals surface area contributed by atoms with Gasteiger partial charge in [0.25, 0.3) is 5.91 Å². The molecular formula is C10H12ClN5OS. The minimum Gasteiger partial charge on any atom is -0.340 e. The van der Waals surface area contributed by atoms with Crippen LogP contribution in [-0.2, 0) is 0 Å². The molecule has 1 unspecified atom stereocenters. The second-order valence-electron chi connectivity index (χ2n) is 3.96. The number of tetrazole rings is 1. The Bertz CT molecular complexity index is 526. The van der Waals surface area contributed by atoms with Crippen molar-refractivity contribution in [2.24, 2.45) is 0 Å². The second-order valence-corrected chi connectivity index (χ2v) is 5.68. The molecule has 2 rings (SSSR count). The maximum Gasteiger partial charge on any atom is 0.263 e. The topological polar surface area (TPSA) is 74.8 Å². The van der Waals surface area contributed by atoms with E-state index in [2.05, 4.69) is 20.6 Å². The summed E-state index contributed by atoms with van der Waals surface area (Å²) in [7, 11) is 1.74. The number of aromatic nitrogens is 4. The average Bonchev–Trinajstić information content (AvgIpc) is 2.98. The molecule has 96 valence electrons. The van der Waals surface area contributed by atoms with Crippen LogP contribution in [0.25, 0.3) is 0 Å². The quantitative estimate of drug-likeness (QED) is 0.929. The lowest BCUT2D eigenvalue weighted by Gasteiger charge is -2.18.